The molecular weight excluding hydrogens is 228 g/mol. The Balaban J connectivity index is 1.70. The summed E-state index contributed by atoms with van der Waals surface area (Å²) in [5.41, 5.74) is 2.90. The maximum atomic E-state index is 12.1. The van der Waals surface area contributed by atoms with E-state index in [0.717, 1.165) is 32.5 Å². The summed E-state index contributed by atoms with van der Waals surface area (Å²) in [6, 6.07) is 0. The summed E-state index contributed by atoms with van der Waals surface area (Å²) >= 11 is 0. The summed E-state index contributed by atoms with van der Waals surface area (Å²) in [7, 11) is 0. The van der Waals surface area contributed by atoms with Crippen LogP contribution >= 0.6 is 0 Å². The van der Waals surface area contributed by atoms with Crippen LogP contribution in [0.3, 0.4) is 0 Å². The molecule has 3 heteroatoms. The molecule has 98 valence electrons. The molecule has 0 amide bonds. The molecule has 0 radical (unpaired) electrons. The number of hydrogen-bond donors (Lipinski definition) is 0. The van der Waals surface area contributed by atoms with Crippen molar-refractivity contribution in [1.29, 1.82) is 0 Å². The van der Waals surface area contributed by atoms with Crippen molar-refractivity contribution >= 4 is 5.78 Å². The van der Waals surface area contributed by atoms with Crippen molar-refractivity contribution in [2.24, 2.45) is 17.3 Å². The molecule has 1 saturated heterocycles. The van der Waals surface area contributed by atoms with Crippen LogP contribution in [0.4, 0.5) is 0 Å². The van der Waals surface area contributed by atoms with E-state index in [1.165, 1.54) is 30.4 Å². The number of carbonyl (C=O) groups is 1. The summed E-state index contributed by atoms with van der Waals surface area (Å²) in [5, 5.41) is 0. The van der Waals surface area contributed by atoms with Crippen LogP contribution in [0.5, 0.6) is 0 Å². The number of allylic oxidation sites excluding steroid dienone is 2. The summed E-state index contributed by atoms with van der Waals surface area (Å²) in [5.74, 6) is 1.67. The highest BCUT2D eigenvalue weighted by Crippen LogP contribution is 2.55. The first-order valence-electron chi connectivity index (χ1n) is 7.19. The van der Waals surface area contributed by atoms with Gasteiger partial charge in [-0.2, -0.15) is 0 Å². The topological polar surface area (TPSA) is 35.5 Å². The predicted molar refractivity (Wildman–Crippen MR) is 65.9 cm³/mol. The van der Waals surface area contributed by atoms with Gasteiger partial charge in [0.1, 0.15) is 6.79 Å². The largest absolute Gasteiger partial charge is 0.355 e. The minimum absolute atomic E-state index is 0.184. The Hall–Kier alpha value is -0.670. The zero-order valence-electron chi connectivity index (χ0n) is 10.7. The molecule has 3 aliphatic carbocycles. The Labute approximate surface area is 108 Å². The fourth-order valence-electron chi connectivity index (χ4n) is 4.64. The molecule has 18 heavy (non-hydrogen) atoms. The Morgan fingerprint density at radius 2 is 1.83 bits per heavy atom. The zero-order valence-corrected chi connectivity index (χ0v) is 10.7. The normalized spacial score (nSPS) is 38.1. The van der Waals surface area contributed by atoms with Gasteiger partial charge in [0, 0.05) is 11.8 Å². The van der Waals surface area contributed by atoms with E-state index < -0.39 is 0 Å². The van der Waals surface area contributed by atoms with E-state index in [2.05, 4.69) is 0 Å². The van der Waals surface area contributed by atoms with Gasteiger partial charge < -0.3 is 9.47 Å². The summed E-state index contributed by atoms with van der Waals surface area (Å²) in [6.45, 7) is 2.08. The maximum absolute atomic E-state index is 12.1. The zero-order chi connectivity index (χ0) is 12.2. The van der Waals surface area contributed by atoms with E-state index >= 15 is 0 Å². The standard InChI is InChI=1S/C15H20O3/c16-13-4-3-10-1-2-11-5-15(6-12(11)14(10)13)7-17-9-18-8-15/h10-11H,1-9H2/t10-,11+/m1/s1. The Bertz CT molecular complexity index is 417. The molecule has 4 aliphatic rings. The molecule has 0 N–H and O–H groups in total. The molecule has 0 aromatic rings. The summed E-state index contributed by atoms with van der Waals surface area (Å²) < 4.78 is 11.0. The average molecular weight is 248 g/mol. The fourth-order valence-corrected chi connectivity index (χ4v) is 4.64. The van der Waals surface area contributed by atoms with Gasteiger partial charge in [-0.1, -0.05) is 5.57 Å². The minimum atomic E-state index is 0.184. The number of rotatable bonds is 0. The lowest BCUT2D eigenvalue weighted by Crippen LogP contribution is -2.35. The SMILES string of the molecule is O=C1CC[C@H]2CC[C@H]3CC4(COCOC4)CC3=C12. The monoisotopic (exact) mass is 248 g/mol. The van der Waals surface area contributed by atoms with Gasteiger partial charge in [0.2, 0.25) is 0 Å². The van der Waals surface area contributed by atoms with Gasteiger partial charge in [-0.3, -0.25) is 4.79 Å². The van der Waals surface area contributed by atoms with Crippen molar-refractivity contribution in [3.05, 3.63) is 11.1 Å². The lowest BCUT2D eigenvalue weighted by Gasteiger charge is -2.32. The first kappa shape index (κ1) is 11.2. The van der Waals surface area contributed by atoms with Crippen molar-refractivity contribution < 1.29 is 14.3 Å². The van der Waals surface area contributed by atoms with E-state index in [4.69, 9.17) is 9.47 Å². The first-order chi connectivity index (χ1) is 8.77. The lowest BCUT2D eigenvalue weighted by molar-refractivity contribution is -0.162. The van der Waals surface area contributed by atoms with E-state index in [1.807, 2.05) is 0 Å². The molecule has 1 spiro atoms. The van der Waals surface area contributed by atoms with Crippen molar-refractivity contribution in [1.82, 2.24) is 0 Å². The molecule has 0 aromatic carbocycles. The Kier molecular flexibility index (Phi) is 2.43. The molecule has 0 bridgehead atoms. The van der Waals surface area contributed by atoms with Crippen molar-refractivity contribution in [2.45, 2.75) is 38.5 Å². The maximum Gasteiger partial charge on any atom is 0.159 e. The van der Waals surface area contributed by atoms with Gasteiger partial charge in [-0.25, -0.2) is 0 Å². The van der Waals surface area contributed by atoms with Crippen molar-refractivity contribution in [2.75, 3.05) is 20.0 Å². The smallest absolute Gasteiger partial charge is 0.159 e. The van der Waals surface area contributed by atoms with Crippen LogP contribution in [0.15, 0.2) is 11.1 Å². The van der Waals surface area contributed by atoms with Gasteiger partial charge in [0.15, 0.2) is 5.78 Å². The van der Waals surface area contributed by atoms with Crippen LogP contribution in [0.2, 0.25) is 0 Å². The average Bonchev–Trinajstić information content (AvgIpc) is 2.91. The number of Topliss-reactive ketones (excluding diaryl/α,β-unsaturated/α-hetero) is 1. The van der Waals surface area contributed by atoms with Crippen LogP contribution in [-0.2, 0) is 14.3 Å². The van der Waals surface area contributed by atoms with Crippen LogP contribution in [0.1, 0.15) is 38.5 Å². The second-order valence-corrected chi connectivity index (χ2v) is 6.57. The van der Waals surface area contributed by atoms with Gasteiger partial charge in [0.25, 0.3) is 0 Å². The lowest BCUT2D eigenvalue weighted by atomic mass is 9.79. The molecule has 0 aromatic heterocycles. The van der Waals surface area contributed by atoms with Crippen LogP contribution < -0.4 is 0 Å². The second kappa shape index (κ2) is 3.91. The van der Waals surface area contributed by atoms with Crippen molar-refractivity contribution in [3.63, 3.8) is 0 Å². The third-order valence-electron chi connectivity index (χ3n) is 5.36. The molecule has 1 heterocycles. The minimum Gasteiger partial charge on any atom is -0.355 e. The number of ketones is 1. The van der Waals surface area contributed by atoms with Crippen LogP contribution in [-0.4, -0.2) is 25.8 Å². The third kappa shape index (κ3) is 1.53. The number of fused-ring (bicyclic) bond motifs is 2. The highest BCUT2D eigenvalue weighted by atomic mass is 16.7. The number of carbonyl (C=O) groups excluding carboxylic acids is 1. The molecular formula is C15H20O3. The molecule has 4 rings (SSSR count). The molecule has 2 saturated carbocycles. The highest BCUT2D eigenvalue weighted by molar-refractivity contribution is 5.99. The highest BCUT2D eigenvalue weighted by Gasteiger charge is 2.49. The molecule has 0 unspecified atom stereocenters. The quantitative estimate of drug-likeness (QED) is 0.660. The first-order valence-corrected chi connectivity index (χ1v) is 7.19. The Morgan fingerprint density at radius 1 is 1.06 bits per heavy atom. The predicted octanol–water partition coefficient (Wildman–Crippen LogP) is 2.46. The second-order valence-electron chi connectivity index (χ2n) is 6.57. The summed E-state index contributed by atoms with van der Waals surface area (Å²) in [4.78, 5) is 12.1. The molecule has 2 atom stereocenters. The van der Waals surface area contributed by atoms with E-state index in [0.29, 0.717) is 24.4 Å². The van der Waals surface area contributed by atoms with Gasteiger partial charge >= 0.3 is 0 Å². The van der Waals surface area contributed by atoms with Gasteiger partial charge in [-0.15, -0.1) is 0 Å². The molecule has 1 aliphatic heterocycles. The fraction of sp³-hybridized carbons (Fsp3) is 0.800. The van der Waals surface area contributed by atoms with E-state index in [9.17, 15) is 4.79 Å². The van der Waals surface area contributed by atoms with E-state index in [1.54, 1.807) is 0 Å². The van der Waals surface area contributed by atoms with Crippen LogP contribution in [0.25, 0.3) is 0 Å². The summed E-state index contributed by atoms with van der Waals surface area (Å²) in [6.07, 6.45) is 6.62. The van der Waals surface area contributed by atoms with Crippen LogP contribution in [0, 0.1) is 17.3 Å². The van der Waals surface area contributed by atoms with Gasteiger partial charge in [0.05, 0.1) is 13.2 Å². The molecule has 3 nitrogen and oxygen atoms in total. The van der Waals surface area contributed by atoms with E-state index in [-0.39, 0.29) is 5.41 Å². The molecule has 3 fully saturated rings. The third-order valence-corrected chi connectivity index (χ3v) is 5.36. The Morgan fingerprint density at radius 3 is 2.67 bits per heavy atom. The number of hydrogen-bond acceptors (Lipinski definition) is 3. The number of ether oxygens (including phenoxy) is 2. The van der Waals surface area contributed by atoms with Gasteiger partial charge in [-0.05, 0) is 49.5 Å². The van der Waals surface area contributed by atoms with Crippen molar-refractivity contribution in [3.8, 4) is 0 Å².